The Morgan fingerprint density at radius 1 is 0.446 bits per heavy atom. The summed E-state index contributed by atoms with van der Waals surface area (Å²) in [7, 11) is -19.6. The molecule has 74 heavy (non-hydrogen) atoms. The van der Waals surface area contributed by atoms with E-state index in [4.69, 9.17) is 0 Å². The molecule has 0 bridgehead atoms. The van der Waals surface area contributed by atoms with Crippen LogP contribution in [-0.2, 0) is 40.5 Å². The fourth-order valence-electron chi connectivity index (χ4n) is 6.39. The predicted molar refractivity (Wildman–Crippen MR) is 256 cm³/mol. The van der Waals surface area contributed by atoms with Crippen molar-refractivity contribution >= 4 is 111 Å². The number of benzene rings is 4. The zero-order chi connectivity index (χ0) is 52.4. The number of rotatable bonds is 24. The maximum atomic E-state index is 12.6. The average molecular weight is 1110 g/mol. The molecule has 0 aliphatic heterocycles. The van der Waals surface area contributed by atoms with E-state index in [0.717, 1.165) is 48.6 Å². The van der Waals surface area contributed by atoms with Crippen molar-refractivity contribution in [3.8, 4) is 0 Å². The van der Waals surface area contributed by atoms with E-state index in [1.165, 1.54) is 58.3 Å². The smallest absolute Gasteiger partial charge is 0.744 e. The van der Waals surface area contributed by atoms with Crippen molar-refractivity contribution in [1.82, 2.24) is 29.9 Å². The van der Waals surface area contributed by atoms with Gasteiger partial charge in [-0.05, 0) is 83.9 Å². The minimum Gasteiger partial charge on any atom is -0.744 e. The number of aliphatic hydroxyl groups excluding tert-OH is 4. The van der Waals surface area contributed by atoms with E-state index in [2.05, 4.69) is 51.2 Å². The molecule has 10 N–H and O–H groups in total. The van der Waals surface area contributed by atoms with Gasteiger partial charge < -0.3 is 60.6 Å². The van der Waals surface area contributed by atoms with E-state index >= 15 is 0 Å². The van der Waals surface area contributed by atoms with E-state index in [1.807, 2.05) is 0 Å². The Labute approximate surface area is 457 Å². The van der Waals surface area contributed by atoms with Gasteiger partial charge in [-0.1, -0.05) is 24.3 Å². The van der Waals surface area contributed by atoms with E-state index in [-0.39, 0.29) is 171 Å². The molecule has 0 aliphatic rings. The van der Waals surface area contributed by atoms with Gasteiger partial charge >= 0.3 is 48.4 Å². The van der Waals surface area contributed by atoms with Gasteiger partial charge in [0, 0.05) is 48.9 Å². The summed E-state index contributed by atoms with van der Waals surface area (Å²) in [4.78, 5) is 26.0. The molecular formula is C40H42LiN12NaO16S4. The van der Waals surface area contributed by atoms with Crippen LogP contribution in [0.4, 0.5) is 58.4 Å². The van der Waals surface area contributed by atoms with Crippen LogP contribution in [0.5, 0.6) is 0 Å². The van der Waals surface area contributed by atoms with Crippen LogP contribution in [0.3, 0.4) is 0 Å². The normalized spacial score (nSPS) is 11.8. The fraction of sp³-hybridized carbons (Fsp3) is 0.200. The SMILES string of the molecule is O=S(=O)([O-])c1cc(Nc2nc(Nc3ccc(S(=O)(=O)O)cc3)nc(N(CCO)CCO)n2)ccc1/C=C/c1ccc(Nc2nc(Nc3ccc(S(=O)(=O)O)cc3)nc(N(CCO)CCO)n2)cc1S(=O)(=O)[O-].[Li+].[Na+]. The van der Waals surface area contributed by atoms with Gasteiger partial charge in [0.15, 0.2) is 0 Å². The number of aliphatic hydroxyl groups is 4. The van der Waals surface area contributed by atoms with Crippen molar-refractivity contribution in [3.05, 3.63) is 96.1 Å². The number of nitrogens with one attached hydrogen (secondary N) is 4. The van der Waals surface area contributed by atoms with Crippen molar-refractivity contribution in [2.45, 2.75) is 19.6 Å². The summed E-state index contributed by atoms with van der Waals surface area (Å²) < 4.78 is 141. The molecule has 0 atom stereocenters. The number of aromatic nitrogens is 6. The first-order valence-electron chi connectivity index (χ1n) is 20.5. The van der Waals surface area contributed by atoms with Gasteiger partial charge in [0.2, 0.25) is 35.7 Å². The molecule has 0 fully saturated rings. The summed E-state index contributed by atoms with van der Waals surface area (Å²) in [5, 5.41) is 49.7. The third-order valence-corrected chi connectivity index (χ3v) is 13.1. The Bertz CT molecular complexity index is 3170. The van der Waals surface area contributed by atoms with Gasteiger partial charge in [0.1, 0.15) is 20.2 Å². The summed E-state index contributed by atoms with van der Waals surface area (Å²) >= 11 is 0. The van der Waals surface area contributed by atoms with Crippen LogP contribution in [0.25, 0.3) is 12.2 Å². The van der Waals surface area contributed by atoms with E-state index in [1.54, 1.807) is 0 Å². The van der Waals surface area contributed by atoms with Crippen molar-refractivity contribution in [2.75, 3.05) is 83.7 Å². The number of hydrogen-bond acceptors (Lipinski definition) is 26. The molecule has 0 unspecified atom stereocenters. The predicted octanol–water partition coefficient (Wildman–Crippen LogP) is -4.91. The van der Waals surface area contributed by atoms with Gasteiger partial charge in [0.25, 0.3) is 20.2 Å². The Morgan fingerprint density at radius 3 is 0.973 bits per heavy atom. The van der Waals surface area contributed by atoms with Gasteiger partial charge in [-0.15, -0.1) is 0 Å². The van der Waals surface area contributed by atoms with Gasteiger partial charge in [0.05, 0.1) is 46.0 Å². The van der Waals surface area contributed by atoms with E-state index in [9.17, 15) is 72.3 Å². The molecule has 0 spiro atoms. The van der Waals surface area contributed by atoms with Crippen LogP contribution in [0, 0.1) is 0 Å². The standard InChI is InChI=1S/C40H44N12O16S4.Li.Na/c53-19-15-51(16-20-54)39-47-35(41-27-7-11-31(12-8-27)69(57,58)59)45-37(49-39)43-29-5-3-25(33(23-29)71(63,64)65)1-2-26-4-6-30(24-34(26)72(66,67)68)44-38-46-36(48-40(50-38)52(17-21-55)18-22-56)42-28-9-13-32(14-10-28)70(60,61)62;;/h1-14,23-24,53-56H,15-22H2,(H,57,58,59)(H,60,61,62)(H,63,64,65)(H,66,67,68)(H2,41,43,45,47,49)(H2,42,44,46,48,50);;/q;2*+1/p-2/b2-1+;;. The Balaban J connectivity index is 0.00000593. The topological polar surface area (TPSA) is 436 Å². The van der Waals surface area contributed by atoms with Crippen LogP contribution in [-0.4, -0.2) is 155 Å². The summed E-state index contributed by atoms with van der Waals surface area (Å²) in [6.07, 6.45) is 2.14. The van der Waals surface area contributed by atoms with Crippen molar-refractivity contribution in [2.24, 2.45) is 0 Å². The third kappa shape index (κ3) is 17.0. The fourth-order valence-corrected chi connectivity index (χ4v) is 8.74. The second-order valence-corrected chi connectivity index (χ2v) is 20.2. The monoisotopic (exact) mass is 1100 g/mol. The van der Waals surface area contributed by atoms with Crippen LogP contribution in [0.1, 0.15) is 11.1 Å². The molecular weight excluding hydrogens is 1060 g/mol. The Morgan fingerprint density at radius 2 is 0.716 bits per heavy atom. The Kier molecular flexibility index (Phi) is 21.7. The summed E-state index contributed by atoms with van der Waals surface area (Å²) in [6, 6.07) is 16.4. The number of nitrogens with zero attached hydrogens (tertiary/aromatic N) is 8. The number of anilines is 10. The second-order valence-electron chi connectivity index (χ2n) is 14.7. The molecule has 0 saturated heterocycles. The van der Waals surface area contributed by atoms with E-state index in [0.29, 0.717) is 0 Å². The molecule has 2 aromatic heterocycles. The zero-order valence-corrected chi connectivity index (χ0v) is 44.1. The Hall–Kier alpha value is -5.48. The van der Waals surface area contributed by atoms with Gasteiger partial charge in [-0.25, -0.2) is 16.8 Å². The molecule has 34 heteroatoms. The number of hydrogen-bond donors (Lipinski definition) is 10. The summed E-state index contributed by atoms with van der Waals surface area (Å²) in [6.45, 7) is -1.78. The molecule has 6 rings (SSSR count). The maximum Gasteiger partial charge on any atom is 1.00 e. The van der Waals surface area contributed by atoms with Crippen molar-refractivity contribution < 1.29 is 121 Å². The molecule has 2 heterocycles. The zero-order valence-electron chi connectivity index (χ0n) is 38.9. The molecule has 0 aliphatic carbocycles. The average Bonchev–Trinajstić information content (AvgIpc) is 3.30. The van der Waals surface area contributed by atoms with Crippen LogP contribution >= 0.6 is 0 Å². The van der Waals surface area contributed by atoms with E-state index < -0.39 is 60.1 Å². The first-order chi connectivity index (χ1) is 34.0. The molecule has 0 radical (unpaired) electrons. The molecule has 4 aromatic carbocycles. The second kappa shape index (κ2) is 26.3. The first kappa shape index (κ1) is 61.1. The van der Waals surface area contributed by atoms with Crippen molar-refractivity contribution in [1.29, 1.82) is 0 Å². The first-order valence-corrected chi connectivity index (χ1v) is 26.2. The van der Waals surface area contributed by atoms with Crippen LogP contribution in [0.15, 0.2) is 105 Å². The molecule has 0 amide bonds. The molecule has 6 aromatic rings. The van der Waals surface area contributed by atoms with Crippen molar-refractivity contribution in [3.63, 3.8) is 0 Å². The summed E-state index contributed by atoms with van der Waals surface area (Å²) in [5.41, 5.74) is -0.161. The largest absolute Gasteiger partial charge is 1.00 e. The molecule has 0 saturated carbocycles. The van der Waals surface area contributed by atoms with Gasteiger partial charge in [-0.3, -0.25) is 9.11 Å². The van der Waals surface area contributed by atoms with Crippen LogP contribution < -0.4 is 79.5 Å². The molecule has 28 nitrogen and oxygen atoms in total. The van der Waals surface area contributed by atoms with Gasteiger partial charge in [-0.2, -0.15) is 46.7 Å². The minimum absolute atomic E-state index is 0. The molecule has 384 valence electrons. The quantitative estimate of drug-likeness (QED) is 0.0154. The van der Waals surface area contributed by atoms with Crippen LogP contribution in [0.2, 0.25) is 0 Å². The maximum absolute atomic E-state index is 12.6. The third-order valence-electron chi connectivity index (χ3n) is 9.63. The summed E-state index contributed by atoms with van der Waals surface area (Å²) in [5.74, 6) is -1.04. The minimum atomic E-state index is -5.29.